The van der Waals surface area contributed by atoms with Crippen LogP contribution in [0.3, 0.4) is 0 Å². The van der Waals surface area contributed by atoms with E-state index in [2.05, 4.69) is 4.98 Å². The minimum atomic E-state index is -4.18. The largest absolute Gasteiger partial charge is 0.233 e. The molecule has 3 nitrogen and oxygen atoms in total. The second kappa shape index (κ2) is 7.37. The summed E-state index contributed by atoms with van der Waals surface area (Å²) in [7, 11) is -4.18. The lowest BCUT2D eigenvalue weighted by atomic mass is 10.0. The molecule has 3 aromatic carbocycles. The van der Waals surface area contributed by atoms with Crippen LogP contribution in [0.2, 0.25) is 10.0 Å². The first-order valence-corrected chi connectivity index (χ1v) is 10.6. The van der Waals surface area contributed by atoms with E-state index in [1.807, 2.05) is 0 Å². The van der Waals surface area contributed by atoms with Crippen LogP contribution in [-0.2, 0) is 9.84 Å². The molecule has 4 rings (SSSR count). The van der Waals surface area contributed by atoms with Crippen molar-refractivity contribution in [2.75, 3.05) is 0 Å². The summed E-state index contributed by atoms with van der Waals surface area (Å²) in [6.45, 7) is 0. The van der Waals surface area contributed by atoms with Crippen LogP contribution >= 0.6 is 23.2 Å². The van der Waals surface area contributed by atoms with Gasteiger partial charge in [-0.1, -0.05) is 47.5 Å². The highest BCUT2D eigenvalue weighted by Crippen LogP contribution is 2.34. The number of hydrogen-bond acceptors (Lipinski definition) is 3. The van der Waals surface area contributed by atoms with Crippen LogP contribution in [0.4, 0.5) is 8.78 Å². The molecule has 1 heterocycles. The average Bonchev–Trinajstić information content (AvgIpc) is 2.70. The first-order chi connectivity index (χ1) is 13.8. The smallest absolute Gasteiger partial charge is 0.223 e. The SMILES string of the molecule is O=S(=O)(c1ccc(F)c(Cl)c1)c1cc(-c2ccc(Cl)cc2)c2cccc(F)c2n1. The summed E-state index contributed by atoms with van der Waals surface area (Å²) in [6, 6.07) is 15.5. The van der Waals surface area contributed by atoms with E-state index >= 15 is 0 Å². The van der Waals surface area contributed by atoms with E-state index in [9.17, 15) is 17.2 Å². The third-order valence-corrected chi connectivity index (χ3v) is 6.57. The van der Waals surface area contributed by atoms with Crippen LogP contribution < -0.4 is 0 Å². The number of rotatable bonds is 3. The Morgan fingerprint density at radius 1 is 0.828 bits per heavy atom. The van der Waals surface area contributed by atoms with Crippen molar-refractivity contribution in [1.82, 2.24) is 4.98 Å². The van der Waals surface area contributed by atoms with Gasteiger partial charge in [0.05, 0.1) is 9.92 Å². The predicted octanol–water partition coefficient (Wildman–Crippen LogP) is 6.32. The monoisotopic (exact) mass is 449 g/mol. The second-order valence-corrected chi connectivity index (χ2v) is 8.97. The van der Waals surface area contributed by atoms with Gasteiger partial charge in [0.25, 0.3) is 0 Å². The van der Waals surface area contributed by atoms with Crippen molar-refractivity contribution in [3.05, 3.63) is 88.4 Å². The van der Waals surface area contributed by atoms with Gasteiger partial charge in [-0.15, -0.1) is 0 Å². The van der Waals surface area contributed by atoms with Crippen LogP contribution in [-0.4, -0.2) is 13.4 Å². The highest BCUT2D eigenvalue weighted by molar-refractivity contribution is 7.91. The number of nitrogens with zero attached hydrogens (tertiary/aromatic N) is 1. The standard InChI is InChI=1S/C21H11Cl2F2NO2S/c22-13-6-4-12(5-7-13)16-11-20(26-21-15(16)2-1-3-19(21)25)29(27,28)14-8-9-18(24)17(23)10-14/h1-11H. The fourth-order valence-electron chi connectivity index (χ4n) is 2.96. The average molecular weight is 450 g/mol. The van der Waals surface area contributed by atoms with Gasteiger partial charge in [-0.3, -0.25) is 0 Å². The fraction of sp³-hybridized carbons (Fsp3) is 0. The van der Waals surface area contributed by atoms with Crippen LogP contribution in [0.15, 0.2) is 76.7 Å². The Hall–Kier alpha value is -2.54. The zero-order valence-corrected chi connectivity index (χ0v) is 16.9. The zero-order chi connectivity index (χ0) is 20.8. The Kier molecular flexibility index (Phi) is 5.02. The van der Waals surface area contributed by atoms with Gasteiger partial charge < -0.3 is 0 Å². The van der Waals surface area contributed by atoms with E-state index in [0.717, 1.165) is 18.2 Å². The molecule has 0 fully saturated rings. The summed E-state index contributed by atoms with van der Waals surface area (Å²) >= 11 is 11.7. The Bertz CT molecular complexity index is 1360. The quantitative estimate of drug-likeness (QED) is 0.343. The number of para-hydroxylation sites is 1. The first-order valence-electron chi connectivity index (χ1n) is 8.33. The van der Waals surface area contributed by atoms with Crippen molar-refractivity contribution < 1.29 is 17.2 Å². The van der Waals surface area contributed by atoms with Gasteiger partial charge in [-0.2, -0.15) is 0 Å². The van der Waals surface area contributed by atoms with Gasteiger partial charge in [-0.25, -0.2) is 22.2 Å². The van der Waals surface area contributed by atoms with Crippen molar-refractivity contribution in [3.8, 4) is 11.1 Å². The molecular weight excluding hydrogens is 439 g/mol. The minimum Gasteiger partial charge on any atom is -0.233 e. The van der Waals surface area contributed by atoms with Gasteiger partial charge in [-0.05, 0) is 53.6 Å². The van der Waals surface area contributed by atoms with Gasteiger partial charge >= 0.3 is 0 Å². The molecule has 0 bridgehead atoms. The molecular formula is C21H11Cl2F2NO2S. The molecule has 0 spiro atoms. The molecule has 146 valence electrons. The molecule has 29 heavy (non-hydrogen) atoms. The Morgan fingerprint density at radius 3 is 2.24 bits per heavy atom. The van der Waals surface area contributed by atoms with Crippen molar-refractivity contribution in [1.29, 1.82) is 0 Å². The van der Waals surface area contributed by atoms with E-state index < -0.39 is 21.5 Å². The zero-order valence-electron chi connectivity index (χ0n) is 14.5. The molecule has 0 radical (unpaired) electrons. The topological polar surface area (TPSA) is 47.0 Å². The summed E-state index contributed by atoms with van der Waals surface area (Å²) in [5.41, 5.74) is 1.02. The molecule has 1 aromatic heterocycles. The lowest BCUT2D eigenvalue weighted by molar-refractivity contribution is 0.591. The number of halogens is 4. The van der Waals surface area contributed by atoms with E-state index in [-0.39, 0.29) is 20.5 Å². The molecule has 0 N–H and O–H groups in total. The number of fused-ring (bicyclic) bond motifs is 1. The number of hydrogen-bond donors (Lipinski definition) is 0. The van der Waals surface area contributed by atoms with E-state index in [4.69, 9.17) is 23.2 Å². The fourth-order valence-corrected chi connectivity index (χ4v) is 4.58. The summed E-state index contributed by atoms with van der Waals surface area (Å²) < 4.78 is 54.2. The Morgan fingerprint density at radius 2 is 1.55 bits per heavy atom. The lowest BCUT2D eigenvalue weighted by Crippen LogP contribution is -2.06. The second-order valence-electron chi connectivity index (χ2n) is 6.23. The van der Waals surface area contributed by atoms with E-state index in [1.54, 1.807) is 30.3 Å². The van der Waals surface area contributed by atoms with Gasteiger partial charge in [0.1, 0.15) is 17.2 Å². The maximum absolute atomic E-state index is 14.5. The van der Waals surface area contributed by atoms with Crippen LogP contribution in [0, 0.1) is 11.6 Å². The summed E-state index contributed by atoms with van der Waals surface area (Å²) in [4.78, 5) is 3.81. The third kappa shape index (κ3) is 3.59. The molecule has 0 unspecified atom stereocenters. The van der Waals surface area contributed by atoms with Crippen molar-refractivity contribution in [2.45, 2.75) is 9.92 Å². The third-order valence-electron chi connectivity index (χ3n) is 4.40. The van der Waals surface area contributed by atoms with Crippen molar-refractivity contribution in [3.63, 3.8) is 0 Å². The molecule has 4 aromatic rings. The molecule has 0 saturated carbocycles. The van der Waals surface area contributed by atoms with Crippen molar-refractivity contribution in [2.24, 2.45) is 0 Å². The Labute approximate surface area is 175 Å². The maximum atomic E-state index is 14.5. The van der Waals surface area contributed by atoms with Crippen LogP contribution in [0.1, 0.15) is 0 Å². The summed E-state index contributed by atoms with van der Waals surface area (Å²) in [6.07, 6.45) is 0. The summed E-state index contributed by atoms with van der Waals surface area (Å²) in [5, 5.41) is 0.245. The predicted molar refractivity (Wildman–Crippen MR) is 109 cm³/mol. The molecule has 0 aliphatic carbocycles. The van der Waals surface area contributed by atoms with Crippen molar-refractivity contribution >= 4 is 43.9 Å². The van der Waals surface area contributed by atoms with Crippen LogP contribution in [0.25, 0.3) is 22.0 Å². The number of benzene rings is 3. The number of pyridine rings is 1. The normalized spacial score (nSPS) is 11.7. The van der Waals surface area contributed by atoms with E-state index in [0.29, 0.717) is 21.5 Å². The Balaban J connectivity index is 2.01. The number of sulfone groups is 1. The highest BCUT2D eigenvalue weighted by Gasteiger charge is 2.23. The molecule has 0 saturated heterocycles. The molecule has 0 aliphatic rings. The number of aromatic nitrogens is 1. The molecule has 0 atom stereocenters. The van der Waals surface area contributed by atoms with Gasteiger partial charge in [0.15, 0.2) is 5.03 Å². The van der Waals surface area contributed by atoms with Crippen LogP contribution in [0.5, 0.6) is 0 Å². The van der Waals surface area contributed by atoms with Gasteiger partial charge in [0.2, 0.25) is 9.84 Å². The van der Waals surface area contributed by atoms with E-state index in [1.165, 1.54) is 18.2 Å². The molecule has 0 aliphatic heterocycles. The molecule has 8 heteroatoms. The highest BCUT2D eigenvalue weighted by atomic mass is 35.5. The summed E-state index contributed by atoms with van der Waals surface area (Å²) in [5.74, 6) is -1.41. The molecule has 0 amide bonds. The first kappa shape index (κ1) is 19.8. The minimum absolute atomic E-state index is 0.0910. The lowest BCUT2D eigenvalue weighted by Gasteiger charge is -2.12. The maximum Gasteiger partial charge on any atom is 0.223 e. The van der Waals surface area contributed by atoms with Gasteiger partial charge in [0, 0.05) is 10.4 Å².